The number of hydrogen-bond donors (Lipinski definition) is 3. The molecule has 8 heteroatoms. The van der Waals surface area contributed by atoms with E-state index in [0.29, 0.717) is 36.4 Å². The van der Waals surface area contributed by atoms with Crippen LogP contribution in [-0.2, 0) is 20.9 Å². The molecule has 2 bridgehead atoms. The Balaban J connectivity index is 1.47. The van der Waals surface area contributed by atoms with Crippen molar-refractivity contribution in [2.45, 2.75) is 79.2 Å². The minimum Gasteiger partial charge on any atom is -0.451 e. The van der Waals surface area contributed by atoms with E-state index < -0.39 is 41.7 Å². The summed E-state index contributed by atoms with van der Waals surface area (Å²) in [4.78, 5) is 28.3. The van der Waals surface area contributed by atoms with E-state index in [-0.39, 0.29) is 34.0 Å². The first kappa shape index (κ1) is 31.4. The second-order valence-electron chi connectivity index (χ2n) is 14.0. The molecule has 43 heavy (non-hydrogen) atoms. The smallest absolute Gasteiger partial charge is 0.340 e. The second-order valence-corrected chi connectivity index (χ2v) is 14.0. The van der Waals surface area contributed by atoms with Gasteiger partial charge in [0.2, 0.25) is 0 Å². The Labute approximate surface area is 255 Å². The number of allylic oxidation sites excluding steroid dienone is 1. The number of rotatable bonds is 8. The lowest BCUT2D eigenvalue weighted by molar-refractivity contribution is -0.182. The van der Waals surface area contributed by atoms with Crippen molar-refractivity contribution < 1.29 is 24.5 Å². The average molecular weight is 590 g/mol. The molecule has 1 spiro atoms. The van der Waals surface area contributed by atoms with Crippen molar-refractivity contribution in [2.75, 3.05) is 13.2 Å². The molecule has 232 valence electrons. The molecular weight excluding hydrogens is 542 g/mol. The van der Waals surface area contributed by atoms with Crippen molar-refractivity contribution in [2.24, 2.45) is 44.8 Å². The molecule has 4 aliphatic carbocycles. The number of ketones is 1. The number of aliphatic hydroxyl groups excluding tert-OH is 1. The number of esters is 1. The molecule has 8 atom stereocenters. The molecule has 0 aromatic heterocycles. The summed E-state index contributed by atoms with van der Waals surface area (Å²) in [7, 11) is 0. The van der Waals surface area contributed by atoms with Crippen molar-refractivity contribution in [1.29, 1.82) is 0 Å². The van der Waals surface area contributed by atoms with Crippen molar-refractivity contribution in [3.05, 3.63) is 71.3 Å². The van der Waals surface area contributed by atoms with Gasteiger partial charge in [-0.15, -0.1) is 0 Å². The van der Waals surface area contributed by atoms with Gasteiger partial charge in [-0.2, -0.15) is 5.10 Å². The van der Waals surface area contributed by atoms with Crippen molar-refractivity contribution >= 4 is 17.5 Å². The van der Waals surface area contributed by atoms with Crippen LogP contribution in [0.1, 0.15) is 60.5 Å². The summed E-state index contributed by atoms with van der Waals surface area (Å²) in [6.45, 7) is 18.8. The van der Waals surface area contributed by atoms with Gasteiger partial charge in [0.15, 0.2) is 11.9 Å². The van der Waals surface area contributed by atoms with E-state index in [9.17, 15) is 19.8 Å². The van der Waals surface area contributed by atoms with Gasteiger partial charge >= 0.3 is 5.97 Å². The highest BCUT2D eigenvalue weighted by molar-refractivity contribution is 6.18. The largest absolute Gasteiger partial charge is 0.451 e. The van der Waals surface area contributed by atoms with Gasteiger partial charge in [0, 0.05) is 12.5 Å². The van der Waals surface area contributed by atoms with Gasteiger partial charge in [-0.25, -0.2) is 4.79 Å². The number of carbonyl (C=O) groups excluding carboxylic acids is 2. The van der Waals surface area contributed by atoms with E-state index in [2.05, 4.69) is 32.5 Å². The number of hydrazone groups is 1. The molecule has 0 radical (unpaired) electrons. The van der Waals surface area contributed by atoms with Crippen LogP contribution in [0.15, 0.2) is 70.9 Å². The van der Waals surface area contributed by atoms with Crippen LogP contribution in [-0.4, -0.2) is 63.6 Å². The number of Topliss-reactive ketones (excluding diaryl/α,β-unsaturated/α-hetero) is 1. The number of nitrogens with zero attached hydrogens (tertiary/aromatic N) is 2. The molecule has 2 fully saturated rings. The number of nitrogens with two attached hydrogens (primary N) is 1. The summed E-state index contributed by atoms with van der Waals surface area (Å²) in [5, 5.41) is 29.7. The fourth-order valence-corrected chi connectivity index (χ4v) is 8.89. The molecule has 0 aliphatic heterocycles. The van der Waals surface area contributed by atoms with Crippen LogP contribution in [0.4, 0.5) is 0 Å². The molecule has 0 unspecified atom stereocenters. The Morgan fingerprint density at radius 2 is 1.88 bits per heavy atom. The van der Waals surface area contributed by atoms with Gasteiger partial charge < -0.3 is 20.7 Å². The van der Waals surface area contributed by atoms with Gasteiger partial charge in [0.25, 0.3) is 0 Å². The van der Waals surface area contributed by atoms with Crippen LogP contribution in [0, 0.1) is 34.0 Å². The van der Waals surface area contributed by atoms with Crippen molar-refractivity contribution in [3.63, 3.8) is 0 Å². The third-order valence-electron chi connectivity index (χ3n) is 11.6. The van der Waals surface area contributed by atoms with Crippen LogP contribution in [0.5, 0.6) is 0 Å². The van der Waals surface area contributed by atoms with Crippen LogP contribution in [0.3, 0.4) is 0 Å². The molecule has 4 aliphatic rings. The van der Waals surface area contributed by atoms with E-state index in [4.69, 9.17) is 10.5 Å². The molecule has 0 amide bonds. The van der Waals surface area contributed by atoms with E-state index in [1.807, 2.05) is 55.3 Å². The first-order valence-electron chi connectivity index (χ1n) is 15.4. The second kappa shape index (κ2) is 10.5. The number of benzene rings is 1. The van der Waals surface area contributed by atoms with Gasteiger partial charge in [-0.1, -0.05) is 76.8 Å². The number of fused-ring (bicyclic) bond motifs is 3. The summed E-state index contributed by atoms with van der Waals surface area (Å²) >= 11 is 0. The Hall–Kier alpha value is -3.07. The lowest BCUT2D eigenvalue weighted by atomic mass is 9.58. The zero-order valence-corrected chi connectivity index (χ0v) is 26.6. The Kier molecular flexibility index (Phi) is 7.68. The fraction of sp³-hybridized carbons (Fsp3) is 0.571. The number of carbonyl (C=O) groups is 2. The molecule has 0 saturated heterocycles. The number of aliphatic hydroxyl groups is 2. The third-order valence-corrected chi connectivity index (χ3v) is 11.6. The quantitative estimate of drug-likeness (QED) is 0.137. The van der Waals surface area contributed by atoms with Crippen LogP contribution in [0.25, 0.3) is 0 Å². The van der Waals surface area contributed by atoms with Gasteiger partial charge in [0.1, 0.15) is 5.60 Å². The maximum Gasteiger partial charge on any atom is 0.340 e. The Bertz CT molecular complexity index is 1430. The minimum atomic E-state index is -1.99. The van der Waals surface area contributed by atoms with Gasteiger partial charge in [-0.3, -0.25) is 9.80 Å². The molecule has 4 N–H and O–H groups in total. The van der Waals surface area contributed by atoms with Crippen LogP contribution >= 0.6 is 0 Å². The Morgan fingerprint density at radius 1 is 1.23 bits per heavy atom. The molecule has 2 saturated carbocycles. The zero-order valence-electron chi connectivity index (χ0n) is 26.6. The summed E-state index contributed by atoms with van der Waals surface area (Å²) in [5.74, 6) is -1.61. The van der Waals surface area contributed by atoms with E-state index >= 15 is 0 Å². The summed E-state index contributed by atoms with van der Waals surface area (Å²) in [5.41, 5.74) is 5.70. The molecular formula is C35H47N3O5. The minimum absolute atomic E-state index is 0.0526. The lowest BCUT2D eigenvalue weighted by Crippen LogP contribution is -2.68. The van der Waals surface area contributed by atoms with E-state index in [0.717, 1.165) is 5.56 Å². The highest BCUT2D eigenvalue weighted by Gasteiger charge is 2.79. The van der Waals surface area contributed by atoms with E-state index in [1.165, 1.54) is 0 Å². The third kappa shape index (κ3) is 4.31. The van der Waals surface area contributed by atoms with E-state index in [1.54, 1.807) is 19.9 Å². The van der Waals surface area contributed by atoms with Gasteiger partial charge in [-0.05, 0) is 66.6 Å². The predicted molar refractivity (Wildman–Crippen MR) is 167 cm³/mol. The molecule has 0 heterocycles. The summed E-state index contributed by atoms with van der Waals surface area (Å²) < 4.78 is 6.06. The number of hydrogen-bond acceptors (Lipinski definition) is 8. The maximum atomic E-state index is 14.7. The molecule has 1 aromatic carbocycles. The molecule has 5 rings (SSSR count). The lowest BCUT2D eigenvalue weighted by Gasteiger charge is -2.49. The fourth-order valence-electron chi connectivity index (χ4n) is 8.89. The van der Waals surface area contributed by atoms with Crippen molar-refractivity contribution in [3.8, 4) is 0 Å². The molecule has 1 aromatic rings. The first-order valence-corrected chi connectivity index (χ1v) is 15.4. The molecule has 8 nitrogen and oxygen atoms in total. The predicted octanol–water partition coefficient (Wildman–Crippen LogP) is 4.18. The van der Waals surface area contributed by atoms with Gasteiger partial charge in [0.05, 0.1) is 35.9 Å². The standard InChI is InChI=1S/C35H47N3O5/c1-9-38(18-24-13-11-10-12-14-24)37-23(5)22(4)31(41)43-30-20(2)16-34-21(3)17-33(8)27(32(33,6)7)26(29(34)40)15-25(19-39)28(36)35(30,34)42/h10-16,21,26-28,30,39,42H,4,9,17-19,36H2,1-3,5-8H3/b37-23-/t21-,26+,27-,28-,30+,33-,34+,35+/m1/s1. The topological polar surface area (TPSA) is 125 Å². The van der Waals surface area contributed by atoms with Crippen LogP contribution < -0.4 is 5.73 Å². The zero-order chi connectivity index (χ0) is 31.7. The highest BCUT2D eigenvalue weighted by Crippen LogP contribution is 2.78. The SMILES string of the molecule is C=C(C(=O)O[C@H]1C(C)=C[C@]23C(=O)[C@@H](C=C(CO)[C@@H](N)[C@]12O)[C@@H]1C(C)(C)[C@]1(C)C[C@H]3C)/C(C)=N\N(CC)Cc1ccccc1. The highest BCUT2D eigenvalue weighted by atomic mass is 16.6. The summed E-state index contributed by atoms with van der Waals surface area (Å²) in [6.07, 6.45) is 3.11. The average Bonchev–Trinajstić information content (AvgIpc) is 3.34. The van der Waals surface area contributed by atoms with Crippen LogP contribution in [0.2, 0.25) is 0 Å². The monoisotopic (exact) mass is 589 g/mol. The Morgan fingerprint density at radius 3 is 2.49 bits per heavy atom. The van der Waals surface area contributed by atoms with Crippen molar-refractivity contribution in [1.82, 2.24) is 5.01 Å². The summed E-state index contributed by atoms with van der Waals surface area (Å²) in [6, 6.07) is 8.78. The normalized spacial score (nSPS) is 37.7. The maximum absolute atomic E-state index is 14.7. The number of ether oxygens (including phenoxy) is 1. The first-order chi connectivity index (χ1) is 20.1.